The number of guanidine groups is 1. The van der Waals surface area contributed by atoms with Gasteiger partial charge in [0.15, 0.2) is 5.96 Å². The number of nitrogens with one attached hydrogen (secondary N) is 3. The van der Waals surface area contributed by atoms with Gasteiger partial charge in [0.25, 0.3) is 0 Å². The predicted molar refractivity (Wildman–Crippen MR) is 130 cm³/mol. The van der Waals surface area contributed by atoms with Crippen LogP contribution in [0.3, 0.4) is 0 Å². The normalized spacial score (nSPS) is 14.0. The molecule has 4 unspecified atom stereocenters. The van der Waals surface area contributed by atoms with Crippen LogP contribution in [0.5, 0.6) is 0 Å². The molecular weight excluding hydrogens is 484 g/mol. The Labute approximate surface area is 208 Å². The summed E-state index contributed by atoms with van der Waals surface area (Å²) in [7, 11) is 0. The minimum absolute atomic E-state index is 0.103. The van der Waals surface area contributed by atoms with Crippen LogP contribution in [-0.4, -0.2) is 88.8 Å². The Kier molecular flexibility index (Phi) is 15.8. The van der Waals surface area contributed by atoms with Crippen molar-refractivity contribution in [3.05, 3.63) is 0 Å². The molecular formula is C19H36N8O7S. The van der Waals surface area contributed by atoms with Crippen molar-refractivity contribution in [3.63, 3.8) is 0 Å². The second kappa shape index (κ2) is 17.3. The van der Waals surface area contributed by atoms with Gasteiger partial charge in [-0.15, -0.1) is 0 Å². The van der Waals surface area contributed by atoms with E-state index >= 15 is 0 Å². The molecule has 3 amide bonds. The van der Waals surface area contributed by atoms with Gasteiger partial charge < -0.3 is 49.1 Å². The number of carboxylic acids is 2. The number of aliphatic carboxylic acids is 2. The first-order valence-corrected chi connectivity index (χ1v) is 11.5. The maximum Gasteiger partial charge on any atom is 0.327 e. The molecule has 0 aromatic rings. The fraction of sp³-hybridized carbons (Fsp3) is 0.684. The number of hydrogen-bond acceptors (Lipinski definition) is 9. The number of carboxylic acid groups (broad SMARTS) is 2. The average molecular weight is 521 g/mol. The second-order valence-corrected chi connectivity index (χ2v) is 8.01. The van der Waals surface area contributed by atoms with E-state index in [1.165, 1.54) is 0 Å². The van der Waals surface area contributed by atoms with Crippen molar-refractivity contribution in [3.8, 4) is 0 Å². The van der Waals surface area contributed by atoms with E-state index < -0.39 is 60.2 Å². The van der Waals surface area contributed by atoms with E-state index in [2.05, 4.69) is 33.6 Å². The number of carbonyl (C=O) groups is 5. The number of hydrogen-bond donors (Lipinski definition) is 10. The Morgan fingerprint density at radius 1 is 0.829 bits per heavy atom. The van der Waals surface area contributed by atoms with Crippen LogP contribution in [0.25, 0.3) is 0 Å². The predicted octanol–water partition coefficient (Wildman–Crippen LogP) is -3.56. The van der Waals surface area contributed by atoms with Gasteiger partial charge in [0.05, 0.1) is 12.5 Å². The summed E-state index contributed by atoms with van der Waals surface area (Å²) < 4.78 is 0. The smallest absolute Gasteiger partial charge is 0.327 e. The fourth-order valence-corrected chi connectivity index (χ4v) is 3.05. The van der Waals surface area contributed by atoms with E-state index in [0.29, 0.717) is 25.8 Å². The van der Waals surface area contributed by atoms with Gasteiger partial charge in [-0.2, -0.15) is 12.6 Å². The zero-order chi connectivity index (χ0) is 27.0. The first kappa shape index (κ1) is 31.9. The highest BCUT2D eigenvalue weighted by atomic mass is 32.1. The van der Waals surface area contributed by atoms with Crippen molar-refractivity contribution >= 4 is 48.2 Å². The van der Waals surface area contributed by atoms with Crippen molar-refractivity contribution in [2.75, 3.05) is 18.8 Å². The summed E-state index contributed by atoms with van der Waals surface area (Å²) in [6.07, 6.45) is 0.800. The number of amides is 3. The van der Waals surface area contributed by atoms with E-state index in [0.717, 1.165) is 0 Å². The SMILES string of the molecule is NCCCCC(NC(=O)C(CC(=O)O)NC(=O)C(N)CCCN=C(N)N)C(=O)NC(CS)C(=O)O. The molecule has 0 heterocycles. The molecule has 200 valence electrons. The van der Waals surface area contributed by atoms with E-state index in [1.807, 2.05) is 0 Å². The molecule has 0 aliphatic rings. The summed E-state index contributed by atoms with van der Waals surface area (Å²) in [6, 6.07) is -5.10. The van der Waals surface area contributed by atoms with Gasteiger partial charge in [0.2, 0.25) is 17.7 Å². The molecule has 4 atom stereocenters. The molecule has 0 saturated carbocycles. The highest BCUT2D eigenvalue weighted by molar-refractivity contribution is 7.80. The third-order valence-corrected chi connectivity index (χ3v) is 5.06. The lowest BCUT2D eigenvalue weighted by Crippen LogP contribution is -2.57. The summed E-state index contributed by atoms with van der Waals surface area (Å²) >= 11 is 3.88. The molecule has 13 N–H and O–H groups in total. The quantitative estimate of drug-likeness (QED) is 0.0365. The molecule has 0 aromatic heterocycles. The van der Waals surface area contributed by atoms with Gasteiger partial charge in [-0.05, 0) is 38.6 Å². The maximum atomic E-state index is 12.8. The molecule has 0 rings (SSSR count). The van der Waals surface area contributed by atoms with Crippen LogP contribution < -0.4 is 38.9 Å². The third-order valence-electron chi connectivity index (χ3n) is 4.69. The number of rotatable bonds is 18. The minimum Gasteiger partial charge on any atom is -0.481 e. The number of nitrogens with zero attached hydrogens (tertiary/aromatic N) is 1. The Hall–Kier alpha value is -3.11. The lowest BCUT2D eigenvalue weighted by molar-refractivity contribution is -0.142. The molecule has 35 heavy (non-hydrogen) atoms. The van der Waals surface area contributed by atoms with E-state index in [1.54, 1.807) is 0 Å². The van der Waals surface area contributed by atoms with Gasteiger partial charge in [0, 0.05) is 12.3 Å². The van der Waals surface area contributed by atoms with Crippen molar-refractivity contribution in [1.82, 2.24) is 16.0 Å². The van der Waals surface area contributed by atoms with Crippen LogP contribution in [0.4, 0.5) is 0 Å². The van der Waals surface area contributed by atoms with Crippen molar-refractivity contribution < 1.29 is 34.2 Å². The van der Waals surface area contributed by atoms with Gasteiger partial charge in [0.1, 0.15) is 18.1 Å². The highest BCUT2D eigenvalue weighted by Gasteiger charge is 2.31. The van der Waals surface area contributed by atoms with Gasteiger partial charge in [-0.1, -0.05) is 0 Å². The highest BCUT2D eigenvalue weighted by Crippen LogP contribution is 2.05. The van der Waals surface area contributed by atoms with Crippen LogP contribution in [0.1, 0.15) is 38.5 Å². The van der Waals surface area contributed by atoms with Crippen LogP contribution in [0.15, 0.2) is 4.99 Å². The van der Waals surface area contributed by atoms with E-state index in [4.69, 9.17) is 28.0 Å². The summed E-state index contributed by atoms with van der Waals surface area (Å²) in [5.41, 5.74) is 21.7. The number of nitrogens with two attached hydrogens (primary N) is 4. The third kappa shape index (κ3) is 14.0. The van der Waals surface area contributed by atoms with Gasteiger partial charge >= 0.3 is 11.9 Å². The Morgan fingerprint density at radius 2 is 1.40 bits per heavy atom. The van der Waals surface area contributed by atoms with Crippen LogP contribution in [-0.2, 0) is 24.0 Å². The van der Waals surface area contributed by atoms with Crippen molar-refractivity contribution in [1.29, 1.82) is 0 Å². The summed E-state index contributed by atoms with van der Waals surface area (Å²) in [5, 5.41) is 25.2. The topological polar surface area (TPSA) is 278 Å². The Bertz CT molecular complexity index is 763. The molecule has 16 heteroatoms. The molecule has 15 nitrogen and oxygen atoms in total. The van der Waals surface area contributed by atoms with Crippen molar-refractivity contribution in [2.24, 2.45) is 27.9 Å². The number of carbonyl (C=O) groups excluding carboxylic acids is 3. The molecule has 0 aliphatic carbocycles. The van der Waals surface area contributed by atoms with Crippen LogP contribution >= 0.6 is 12.6 Å². The molecule has 0 spiro atoms. The Morgan fingerprint density at radius 3 is 1.91 bits per heavy atom. The molecule has 0 radical (unpaired) electrons. The van der Waals surface area contributed by atoms with Crippen molar-refractivity contribution in [2.45, 2.75) is 62.7 Å². The standard InChI is InChI=1S/C19H36N8O7S/c20-6-2-1-5-11(16(31)27-13(9-35)18(33)34)25-17(32)12(8-14(28)29)26-15(30)10(21)4-3-7-24-19(22)23/h10-13,35H,1-9,20-21H2,(H,25,32)(H,26,30)(H,27,31)(H,28,29)(H,33,34)(H4,22,23,24). The first-order chi connectivity index (χ1) is 16.4. The van der Waals surface area contributed by atoms with Gasteiger partial charge in [-0.3, -0.25) is 24.2 Å². The van der Waals surface area contributed by atoms with E-state index in [9.17, 15) is 29.1 Å². The molecule has 0 saturated heterocycles. The first-order valence-electron chi connectivity index (χ1n) is 10.9. The summed E-state index contributed by atoms with van der Waals surface area (Å²) in [6.45, 7) is 0.557. The summed E-state index contributed by atoms with van der Waals surface area (Å²) in [5.74, 6) is -5.52. The number of unbranched alkanes of at least 4 members (excludes halogenated alkanes) is 1. The molecule has 0 aliphatic heterocycles. The molecule has 0 fully saturated rings. The van der Waals surface area contributed by atoms with Crippen LogP contribution in [0.2, 0.25) is 0 Å². The Balaban J connectivity index is 5.34. The van der Waals surface area contributed by atoms with E-state index in [-0.39, 0.29) is 31.1 Å². The molecule has 0 bridgehead atoms. The molecule has 0 aromatic carbocycles. The fourth-order valence-electron chi connectivity index (χ4n) is 2.80. The largest absolute Gasteiger partial charge is 0.481 e. The van der Waals surface area contributed by atoms with Gasteiger partial charge in [-0.25, -0.2) is 4.79 Å². The minimum atomic E-state index is -1.53. The summed E-state index contributed by atoms with van der Waals surface area (Å²) in [4.78, 5) is 64.0. The maximum absolute atomic E-state index is 12.8. The number of thiol groups is 1. The average Bonchev–Trinajstić information content (AvgIpc) is 2.77. The lowest BCUT2D eigenvalue weighted by atomic mass is 10.1. The monoisotopic (exact) mass is 520 g/mol. The zero-order valence-electron chi connectivity index (χ0n) is 19.3. The second-order valence-electron chi connectivity index (χ2n) is 7.64. The zero-order valence-corrected chi connectivity index (χ0v) is 20.2. The lowest BCUT2D eigenvalue weighted by Gasteiger charge is -2.24. The number of aliphatic imine (C=N–C) groups is 1. The van der Waals surface area contributed by atoms with Crippen LogP contribution in [0, 0.1) is 0 Å².